The van der Waals surface area contributed by atoms with Crippen LogP contribution in [0.25, 0.3) is 0 Å². The summed E-state index contributed by atoms with van der Waals surface area (Å²) in [5, 5.41) is 13.3. The van der Waals surface area contributed by atoms with Crippen LogP contribution in [0.4, 0.5) is 20.2 Å². The van der Waals surface area contributed by atoms with Crippen molar-refractivity contribution in [3.8, 4) is 0 Å². The van der Waals surface area contributed by atoms with Gasteiger partial charge in [-0.3, -0.25) is 10.1 Å². The number of nitrogens with one attached hydrogen (secondary N) is 1. The molecule has 1 aromatic carbocycles. The Balaban J connectivity index is 3.48. The highest BCUT2D eigenvalue weighted by molar-refractivity contribution is 9.10. The van der Waals surface area contributed by atoms with Crippen molar-refractivity contribution in [2.75, 3.05) is 5.32 Å². The molecule has 0 amide bonds. The maximum atomic E-state index is 13.8. The Morgan fingerprint density at radius 1 is 1.41 bits per heavy atom. The average Bonchev–Trinajstić information content (AvgIpc) is 2.10. The summed E-state index contributed by atoms with van der Waals surface area (Å²) in [5.41, 5.74) is -1.96. The highest BCUT2D eigenvalue weighted by atomic mass is 79.9. The Kier molecular flexibility index (Phi) is 3.71. The number of nitro groups is 1. The minimum Gasteiger partial charge on any atom is -0.372 e. The Hall–Kier alpha value is -1.24. The molecule has 17 heavy (non-hydrogen) atoms. The van der Waals surface area contributed by atoms with E-state index in [-0.39, 0.29) is 4.47 Å². The molecule has 0 aliphatic heterocycles. The normalized spacial score (nSPS) is 11.4. The van der Waals surface area contributed by atoms with E-state index in [1.807, 2.05) is 0 Å². The van der Waals surface area contributed by atoms with Crippen molar-refractivity contribution in [3.05, 3.63) is 32.3 Å². The number of hydrogen-bond donors (Lipinski definition) is 1. The van der Waals surface area contributed by atoms with E-state index in [0.717, 1.165) is 6.07 Å². The molecule has 0 saturated heterocycles. The topological polar surface area (TPSA) is 55.2 Å². The molecule has 0 saturated carbocycles. The lowest BCUT2D eigenvalue weighted by atomic mass is 10.1. The van der Waals surface area contributed by atoms with Gasteiger partial charge in [-0.05, 0) is 42.8 Å². The summed E-state index contributed by atoms with van der Waals surface area (Å²) in [6, 6.07) is 0.737. The van der Waals surface area contributed by atoms with Gasteiger partial charge in [0.1, 0.15) is 0 Å². The number of halogens is 3. The molecule has 0 heterocycles. The van der Waals surface area contributed by atoms with E-state index in [2.05, 4.69) is 21.2 Å². The Morgan fingerprint density at radius 3 is 2.35 bits per heavy atom. The largest absolute Gasteiger partial charge is 0.372 e. The highest BCUT2D eigenvalue weighted by Gasteiger charge is 2.29. The monoisotopic (exact) mass is 308 g/mol. The standard InChI is InChI=1S/C10H11BrF2N2O2/c1-10(2,3)14-8-7(13)5(11)4-6(12)9(8)15(16)17/h4,14H,1-3H3. The van der Waals surface area contributed by atoms with Crippen LogP contribution < -0.4 is 5.32 Å². The number of benzene rings is 1. The van der Waals surface area contributed by atoms with Crippen LogP contribution in [0.5, 0.6) is 0 Å². The van der Waals surface area contributed by atoms with Crippen LogP contribution in [0, 0.1) is 21.7 Å². The van der Waals surface area contributed by atoms with Gasteiger partial charge in [-0.25, -0.2) is 4.39 Å². The quantitative estimate of drug-likeness (QED) is 0.513. The van der Waals surface area contributed by atoms with Crippen molar-refractivity contribution >= 4 is 27.3 Å². The molecule has 0 spiro atoms. The molecule has 0 atom stereocenters. The van der Waals surface area contributed by atoms with E-state index in [0.29, 0.717) is 0 Å². The number of nitro benzene ring substituents is 1. The molecule has 0 aromatic heterocycles. The first kappa shape index (κ1) is 13.8. The third-order valence-electron chi connectivity index (χ3n) is 1.83. The Labute approximate surface area is 105 Å². The van der Waals surface area contributed by atoms with Crippen molar-refractivity contribution in [2.24, 2.45) is 0 Å². The minimum atomic E-state index is -1.09. The van der Waals surface area contributed by atoms with Gasteiger partial charge >= 0.3 is 5.69 Å². The third-order valence-corrected chi connectivity index (χ3v) is 2.41. The van der Waals surface area contributed by atoms with Gasteiger partial charge in [-0.2, -0.15) is 4.39 Å². The van der Waals surface area contributed by atoms with Crippen LogP contribution in [0.1, 0.15) is 20.8 Å². The Morgan fingerprint density at radius 2 is 1.94 bits per heavy atom. The van der Waals surface area contributed by atoms with Gasteiger partial charge in [0.2, 0.25) is 5.82 Å². The van der Waals surface area contributed by atoms with Crippen molar-refractivity contribution in [1.82, 2.24) is 0 Å². The fraction of sp³-hybridized carbons (Fsp3) is 0.400. The smallest absolute Gasteiger partial charge is 0.330 e. The summed E-state index contributed by atoms with van der Waals surface area (Å²) in [6.07, 6.45) is 0. The summed E-state index contributed by atoms with van der Waals surface area (Å²) in [5.74, 6) is -1.97. The van der Waals surface area contributed by atoms with Crippen LogP contribution in [0.3, 0.4) is 0 Å². The molecule has 0 aliphatic rings. The summed E-state index contributed by atoms with van der Waals surface area (Å²) in [4.78, 5) is 9.79. The molecule has 1 aromatic rings. The van der Waals surface area contributed by atoms with E-state index in [1.165, 1.54) is 0 Å². The van der Waals surface area contributed by atoms with Gasteiger partial charge in [0.05, 0.1) is 9.40 Å². The molecule has 0 bridgehead atoms. The van der Waals surface area contributed by atoms with Gasteiger partial charge in [0.15, 0.2) is 11.5 Å². The molecule has 1 N–H and O–H groups in total. The van der Waals surface area contributed by atoms with Crippen LogP contribution in [-0.2, 0) is 0 Å². The second-order valence-electron chi connectivity index (χ2n) is 4.51. The van der Waals surface area contributed by atoms with Crippen LogP contribution in [0.15, 0.2) is 10.5 Å². The number of anilines is 1. The molecule has 94 valence electrons. The van der Waals surface area contributed by atoms with Gasteiger partial charge < -0.3 is 5.32 Å². The maximum absolute atomic E-state index is 13.8. The molecule has 1 rings (SSSR count). The van der Waals surface area contributed by atoms with E-state index in [9.17, 15) is 18.9 Å². The lowest BCUT2D eigenvalue weighted by molar-refractivity contribution is -0.386. The lowest BCUT2D eigenvalue weighted by Gasteiger charge is -2.22. The van der Waals surface area contributed by atoms with Crippen molar-refractivity contribution in [3.63, 3.8) is 0 Å². The van der Waals surface area contributed by atoms with Crippen LogP contribution in [-0.4, -0.2) is 10.5 Å². The Bertz CT molecular complexity index is 472. The number of nitrogens with zero attached hydrogens (tertiary/aromatic N) is 1. The molecular formula is C10H11BrF2N2O2. The zero-order chi connectivity index (χ0) is 13.4. The highest BCUT2D eigenvalue weighted by Crippen LogP contribution is 2.36. The zero-order valence-electron chi connectivity index (χ0n) is 9.47. The molecule has 7 heteroatoms. The summed E-state index contributed by atoms with van der Waals surface area (Å²) >= 11 is 2.81. The first-order valence-electron chi connectivity index (χ1n) is 4.73. The van der Waals surface area contributed by atoms with Gasteiger partial charge in [0, 0.05) is 5.54 Å². The molecular weight excluding hydrogens is 298 g/mol. The number of rotatable bonds is 2. The fourth-order valence-electron chi connectivity index (χ4n) is 1.25. The first-order valence-corrected chi connectivity index (χ1v) is 5.53. The van der Waals surface area contributed by atoms with E-state index >= 15 is 0 Å². The van der Waals surface area contributed by atoms with E-state index < -0.39 is 33.5 Å². The molecule has 0 unspecified atom stereocenters. The molecule has 4 nitrogen and oxygen atoms in total. The maximum Gasteiger partial charge on any atom is 0.330 e. The lowest BCUT2D eigenvalue weighted by Crippen LogP contribution is -2.27. The molecule has 0 radical (unpaired) electrons. The van der Waals surface area contributed by atoms with Crippen molar-refractivity contribution < 1.29 is 13.7 Å². The third kappa shape index (κ3) is 3.12. The fourth-order valence-corrected chi connectivity index (χ4v) is 1.65. The van der Waals surface area contributed by atoms with E-state index in [4.69, 9.17) is 0 Å². The second-order valence-corrected chi connectivity index (χ2v) is 5.36. The predicted octanol–water partition coefficient (Wildman–Crippen LogP) is 3.85. The van der Waals surface area contributed by atoms with Crippen LogP contribution in [0.2, 0.25) is 0 Å². The van der Waals surface area contributed by atoms with E-state index in [1.54, 1.807) is 20.8 Å². The van der Waals surface area contributed by atoms with Crippen molar-refractivity contribution in [1.29, 1.82) is 0 Å². The first-order chi connectivity index (χ1) is 7.63. The SMILES string of the molecule is CC(C)(C)Nc1c(F)c(Br)cc(F)c1[N+](=O)[O-]. The van der Waals surface area contributed by atoms with Gasteiger partial charge in [0.25, 0.3) is 0 Å². The minimum absolute atomic E-state index is 0.160. The number of hydrogen-bond acceptors (Lipinski definition) is 3. The van der Waals surface area contributed by atoms with Gasteiger partial charge in [-0.1, -0.05) is 0 Å². The summed E-state index contributed by atoms with van der Waals surface area (Å²) < 4.78 is 27.0. The molecule has 0 aliphatic carbocycles. The molecule has 0 fully saturated rings. The predicted molar refractivity (Wildman–Crippen MR) is 64.1 cm³/mol. The average molecular weight is 309 g/mol. The van der Waals surface area contributed by atoms with Crippen molar-refractivity contribution in [2.45, 2.75) is 26.3 Å². The van der Waals surface area contributed by atoms with Crippen LogP contribution >= 0.6 is 15.9 Å². The zero-order valence-corrected chi connectivity index (χ0v) is 11.1. The summed E-state index contributed by atoms with van der Waals surface area (Å²) in [6.45, 7) is 5.07. The second kappa shape index (κ2) is 4.56. The summed E-state index contributed by atoms with van der Waals surface area (Å²) in [7, 11) is 0. The van der Waals surface area contributed by atoms with Gasteiger partial charge in [-0.15, -0.1) is 0 Å².